The molecule has 29 heavy (non-hydrogen) atoms. The van der Waals surface area contributed by atoms with Gasteiger partial charge in [-0.1, -0.05) is 26.0 Å². The smallest absolute Gasteiger partial charge is 0.341 e. The number of hydrogen-bond acceptors (Lipinski definition) is 5. The molecule has 160 valence electrons. The molecule has 0 aliphatic heterocycles. The van der Waals surface area contributed by atoms with Crippen molar-refractivity contribution in [1.29, 1.82) is 0 Å². The van der Waals surface area contributed by atoms with Gasteiger partial charge in [-0.2, -0.15) is 0 Å². The van der Waals surface area contributed by atoms with Gasteiger partial charge in [0.25, 0.3) is 0 Å². The molecule has 0 saturated heterocycles. The van der Waals surface area contributed by atoms with E-state index < -0.39 is 5.97 Å². The van der Waals surface area contributed by atoms with Crippen LogP contribution in [0.3, 0.4) is 0 Å². The first-order valence-corrected chi connectivity index (χ1v) is 10.1. The number of rotatable bonds is 8. The Bertz CT molecular complexity index is 808. The number of esters is 1. The molecule has 0 radical (unpaired) electrons. The minimum atomic E-state index is -0.426. The molecule has 2 rings (SSSR count). The number of benzene rings is 1. The third kappa shape index (κ3) is 7.18. The molecular weight excluding hydrogens is 501 g/mol. The van der Waals surface area contributed by atoms with E-state index in [1.54, 1.807) is 23.5 Å². The summed E-state index contributed by atoms with van der Waals surface area (Å²) in [5.74, 6) is 0.801. The summed E-state index contributed by atoms with van der Waals surface area (Å²) in [7, 11) is 2.89. The predicted octanol–water partition coefficient (Wildman–Crippen LogP) is 4.19. The fraction of sp³-hybridized carbons (Fsp3) is 0.429. The Morgan fingerprint density at radius 1 is 1.21 bits per heavy atom. The Balaban J connectivity index is 0.00000420. The van der Waals surface area contributed by atoms with Gasteiger partial charge in [0.2, 0.25) is 0 Å². The van der Waals surface area contributed by atoms with Crippen LogP contribution in [0.4, 0.5) is 0 Å². The number of methoxy groups -OCH3 is 2. The molecule has 0 unspecified atom stereocenters. The van der Waals surface area contributed by atoms with Crippen molar-refractivity contribution in [3.8, 4) is 5.75 Å². The van der Waals surface area contributed by atoms with E-state index in [1.165, 1.54) is 19.1 Å². The van der Waals surface area contributed by atoms with Crippen LogP contribution in [0, 0.1) is 0 Å². The molecule has 0 atom stereocenters. The second-order valence-corrected chi connectivity index (χ2v) is 7.88. The lowest BCUT2D eigenvalue weighted by atomic mass is 9.91. The summed E-state index contributed by atoms with van der Waals surface area (Å²) < 4.78 is 10.1. The average Bonchev–Trinajstić information content (AvgIpc) is 3.25. The first kappa shape index (κ1) is 25.2. The fourth-order valence-electron chi connectivity index (χ4n) is 2.69. The molecule has 0 aliphatic carbocycles. The van der Waals surface area contributed by atoms with Crippen LogP contribution < -0.4 is 15.4 Å². The topological polar surface area (TPSA) is 72.0 Å². The monoisotopic (exact) mass is 531 g/mol. The normalized spacial score (nSPS) is 11.4. The molecule has 2 aromatic rings. The summed E-state index contributed by atoms with van der Waals surface area (Å²) in [6.45, 7) is 8.41. The van der Waals surface area contributed by atoms with Gasteiger partial charge in [-0.3, -0.25) is 0 Å². The van der Waals surface area contributed by atoms with Crippen molar-refractivity contribution in [2.45, 2.75) is 32.7 Å². The molecule has 2 N–H and O–H groups in total. The Labute approximate surface area is 194 Å². The van der Waals surface area contributed by atoms with Crippen molar-refractivity contribution in [2.75, 3.05) is 27.3 Å². The zero-order valence-corrected chi connectivity index (χ0v) is 20.7. The van der Waals surface area contributed by atoms with Crippen LogP contribution in [0.25, 0.3) is 0 Å². The van der Waals surface area contributed by atoms with Crippen molar-refractivity contribution in [3.63, 3.8) is 0 Å². The maximum atomic E-state index is 11.9. The molecular formula is C21H30IN3O3S. The maximum absolute atomic E-state index is 11.9. The van der Waals surface area contributed by atoms with Crippen LogP contribution in [0.5, 0.6) is 5.75 Å². The molecule has 0 bridgehead atoms. The van der Waals surface area contributed by atoms with Gasteiger partial charge >= 0.3 is 5.97 Å². The van der Waals surface area contributed by atoms with Gasteiger partial charge in [-0.25, -0.2) is 9.79 Å². The number of aliphatic imine (C=N–C) groups is 1. The Morgan fingerprint density at radius 3 is 2.55 bits per heavy atom. The lowest BCUT2D eigenvalue weighted by molar-refractivity contribution is 0.0597. The summed E-state index contributed by atoms with van der Waals surface area (Å²) in [4.78, 5) is 17.9. The Hall–Kier alpha value is -1.81. The van der Waals surface area contributed by atoms with Gasteiger partial charge < -0.3 is 20.1 Å². The van der Waals surface area contributed by atoms with Crippen LogP contribution in [-0.4, -0.2) is 39.2 Å². The highest BCUT2D eigenvalue weighted by molar-refractivity contribution is 14.0. The summed E-state index contributed by atoms with van der Waals surface area (Å²) >= 11 is 1.76. The van der Waals surface area contributed by atoms with Gasteiger partial charge in [-0.05, 0) is 36.1 Å². The van der Waals surface area contributed by atoms with E-state index in [9.17, 15) is 4.79 Å². The van der Waals surface area contributed by atoms with E-state index in [2.05, 4.69) is 47.0 Å². The number of thiophene rings is 1. The zero-order valence-electron chi connectivity index (χ0n) is 17.6. The lowest BCUT2D eigenvalue weighted by Crippen LogP contribution is -2.43. The van der Waals surface area contributed by atoms with Gasteiger partial charge in [-0.15, -0.1) is 35.3 Å². The minimum absolute atomic E-state index is 0. The molecule has 0 spiro atoms. The standard InChI is InChI=1S/C21H29N3O3S.HI/c1-6-22-20(24-14-21(2,3)18-8-7-11-28-18)23-13-15-9-10-17(26-4)16(12-15)19(25)27-5;/h7-12H,6,13-14H2,1-5H3,(H2,22,23,24);1H. The minimum Gasteiger partial charge on any atom is -0.496 e. The lowest BCUT2D eigenvalue weighted by Gasteiger charge is -2.25. The zero-order chi connectivity index (χ0) is 20.6. The van der Waals surface area contributed by atoms with Crippen LogP contribution >= 0.6 is 35.3 Å². The van der Waals surface area contributed by atoms with E-state index in [-0.39, 0.29) is 29.4 Å². The Morgan fingerprint density at radius 2 is 1.97 bits per heavy atom. The molecule has 6 nitrogen and oxygen atoms in total. The van der Waals surface area contributed by atoms with E-state index in [4.69, 9.17) is 9.47 Å². The van der Waals surface area contributed by atoms with Crippen LogP contribution in [0.15, 0.2) is 40.7 Å². The number of guanidine groups is 1. The quantitative estimate of drug-likeness (QED) is 0.231. The van der Waals surface area contributed by atoms with Gasteiger partial charge in [0, 0.05) is 23.4 Å². The predicted molar refractivity (Wildman–Crippen MR) is 130 cm³/mol. The van der Waals surface area contributed by atoms with Crippen molar-refractivity contribution >= 4 is 47.2 Å². The second kappa shape index (κ2) is 12.0. The molecule has 0 amide bonds. The number of nitrogens with one attached hydrogen (secondary N) is 2. The molecule has 1 heterocycles. The van der Waals surface area contributed by atoms with Crippen molar-refractivity contribution in [2.24, 2.45) is 4.99 Å². The summed E-state index contributed by atoms with van der Waals surface area (Å²) in [6.07, 6.45) is 0. The largest absolute Gasteiger partial charge is 0.496 e. The number of nitrogens with zero attached hydrogens (tertiary/aromatic N) is 1. The van der Waals surface area contributed by atoms with Gasteiger partial charge in [0.1, 0.15) is 11.3 Å². The number of halogens is 1. The molecule has 0 fully saturated rings. The van der Waals surface area contributed by atoms with E-state index in [1.807, 2.05) is 13.0 Å². The van der Waals surface area contributed by atoms with Crippen molar-refractivity contribution in [3.05, 3.63) is 51.7 Å². The highest BCUT2D eigenvalue weighted by atomic mass is 127. The van der Waals surface area contributed by atoms with Gasteiger partial charge in [0.15, 0.2) is 5.96 Å². The molecule has 0 aliphatic rings. The van der Waals surface area contributed by atoms with Crippen LogP contribution in [0.2, 0.25) is 0 Å². The maximum Gasteiger partial charge on any atom is 0.341 e. The summed E-state index contributed by atoms with van der Waals surface area (Å²) in [6, 6.07) is 9.64. The third-order valence-electron chi connectivity index (χ3n) is 4.32. The molecule has 0 saturated carbocycles. The number of carbonyl (C=O) groups excluding carboxylic acids is 1. The van der Waals surface area contributed by atoms with E-state index in [0.717, 1.165) is 24.6 Å². The molecule has 1 aromatic heterocycles. The highest BCUT2D eigenvalue weighted by Crippen LogP contribution is 2.26. The fourth-order valence-corrected chi connectivity index (χ4v) is 3.54. The molecule has 1 aromatic carbocycles. The first-order valence-electron chi connectivity index (χ1n) is 9.22. The Kier molecular flexibility index (Phi) is 10.5. The SMILES string of the molecule is CCNC(=NCc1ccc(OC)c(C(=O)OC)c1)NCC(C)(C)c1cccs1.I. The van der Waals surface area contributed by atoms with Crippen molar-refractivity contribution < 1.29 is 14.3 Å². The highest BCUT2D eigenvalue weighted by Gasteiger charge is 2.22. The van der Waals surface area contributed by atoms with Crippen LogP contribution in [0.1, 0.15) is 41.6 Å². The third-order valence-corrected chi connectivity index (χ3v) is 5.55. The number of carbonyl (C=O) groups is 1. The number of ether oxygens (including phenoxy) is 2. The second-order valence-electron chi connectivity index (χ2n) is 6.94. The summed E-state index contributed by atoms with van der Waals surface area (Å²) in [5, 5.41) is 8.78. The van der Waals surface area contributed by atoms with Gasteiger partial charge in [0.05, 0.1) is 20.8 Å². The number of hydrogen-bond donors (Lipinski definition) is 2. The van der Waals surface area contributed by atoms with E-state index >= 15 is 0 Å². The first-order chi connectivity index (χ1) is 13.4. The van der Waals surface area contributed by atoms with Crippen LogP contribution in [-0.2, 0) is 16.7 Å². The summed E-state index contributed by atoms with van der Waals surface area (Å²) in [5.41, 5.74) is 1.30. The van der Waals surface area contributed by atoms with Crippen molar-refractivity contribution in [1.82, 2.24) is 10.6 Å². The average molecular weight is 531 g/mol. The molecule has 8 heteroatoms. The van der Waals surface area contributed by atoms with E-state index in [0.29, 0.717) is 17.9 Å².